The van der Waals surface area contributed by atoms with Gasteiger partial charge in [0.25, 0.3) is 21.6 Å². The molecule has 1 aliphatic carbocycles. The minimum atomic E-state index is -4.56. The molecule has 0 radical (unpaired) electrons. The number of nitrogens with zero attached hydrogens (tertiary/aromatic N) is 4. The molecular formula is C46H52ClN7O7S. The van der Waals surface area contributed by atoms with Crippen molar-refractivity contribution in [2.24, 2.45) is 11.3 Å². The summed E-state index contributed by atoms with van der Waals surface area (Å²) in [6.45, 7) is 11.7. The molecule has 5 aromatic rings. The lowest BCUT2D eigenvalue weighted by Crippen LogP contribution is -2.47. The van der Waals surface area contributed by atoms with E-state index in [1.165, 1.54) is 35.0 Å². The zero-order valence-electron chi connectivity index (χ0n) is 35.2. The van der Waals surface area contributed by atoms with Gasteiger partial charge < -0.3 is 24.7 Å². The number of piperazine rings is 1. The van der Waals surface area contributed by atoms with Crippen molar-refractivity contribution >= 4 is 61.2 Å². The maximum Gasteiger partial charge on any atom is 0.293 e. The third kappa shape index (κ3) is 10.1. The Kier molecular flexibility index (Phi) is 12.6. The van der Waals surface area contributed by atoms with Crippen molar-refractivity contribution in [1.82, 2.24) is 19.6 Å². The van der Waals surface area contributed by atoms with E-state index >= 15 is 0 Å². The Morgan fingerprint density at radius 2 is 1.85 bits per heavy atom. The summed E-state index contributed by atoms with van der Waals surface area (Å²) in [6, 6.07) is 20.4. The highest BCUT2D eigenvalue weighted by molar-refractivity contribution is 7.90. The van der Waals surface area contributed by atoms with Gasteiger partial charge in [-0.25, -0.2) is 18.1 Å². The highest BCUT2D eigenvalue weighted by Crippen LogP contribution is 2.43. The van der Waals surface area contributed by atoms with E-state index in [1.807, 2.05) is 25.1 Å². The molecule has 62 heavy (non-hydrogen) atoms. The molecule has 2 aromatic heterocycles. The molecule has 2 atom stereocenters. The molecule has 0 bridgehead atoms. The van der Waals surface area contributed by atoms with Crippen molar-refractivity contribution in [3.8, 4) is 11.5 Å². The minimum absolute atomic E-state index is 0.0366. The fourth-order valence-corrected chi connectivity index (χ4v) is 9.84. The molecule has 0 saturated carbocycles. The monoisotopic (exact) mass is 881 g/mol. The number of nitro groups is 1. The molecule has 326 valence electrons. The summed E-state index contributed by atoms with van der Waals surface area (Å²) >= 11 is 6.24. The molecule has 8 rings (SSSR count). The number of anilines is 2. The summed E-state index contributed by atoms with van der Waals surface area (Å²) in [5, 5.41) is 16.8. The van der Waals surface area contributed by atoms with Crippen LogP contribution >= 0.6 is 11.6 Å². The number of carbonyl (C=O) groups excluding carboxylic acids is 1. The maximum atomic E-state index is 13.9. The van der Waals surface area contributed by atoms with Crippen LogP contribution in [-0.4, -0.2) is 86.1 Å². The second-order valence-electron chi connectivity index (χ2n) is 17.4. The molecular weight excluding hydrogens is 830 g/mol. The predicted molar refractivity (Wildman–Crippen MR) is 242 cm³/mol. The number of H-pyrrole nitrogens is 1. The molecule has 2 saturated heterocycles. The number of nitrogens with one attached hydrogen (secondary N) is 3. The number of halogens is 1. The number of rotatable bonds is 13. The quantitative estimate of drug-likeness (QED) is 0.0761. The third-order valence-corrected chi connectivity index (χ3v) is 13.8. The number of carbonyl (C=O) groups is 1. The molecule has 3 N–H and O–H groups in total. The molecule has 1 amide bonds. The number of ether oxygens (including phenoxy) is 2. The van der Waals surface area contributed by atoms with E-state index < -0.39 is 31.4 Å². The first-order chi connectivity index (χ1) is 29.7. The van der Waals surface area contributed by atoms with Crippen LogP contribution in [0.1, 0.15) is 68.8 Å². The van der Waals surface area contributed by atoms with Gasteiger partial charge in [0.05, 0.1) is 27.7 Å². The lowest BCUT2D eigenvalue weighted by molar-refractivity contribution is -0.384. The van der Waals surface area contributed by atoms with Crippen molar-refractivity contribution in [1.29, 1.82) is 0 Å². The Balaban J connectivity index is 1.00. The predicted octanol–water partition coefficient (Wildman–Crippen LogP) is 9.05. The summed E-state index contributed by atoms with van der Waals surface area (Å²) in [5.74, 6) is -0.220. The molecule has 0 spiro atoms. The fourth-order valence-electron chi connectivity index (χ4n) is 8.73. The summed E-state index contributed by atoms with van der Waals surface area (Å²) in [5.41, 5.74) is 5.55. The van der Waals surface area contributed by atoms with Crippen LogP contribution in [0.3, 0.4) is 0 Å². The van der Waals surface area contributed by atoms with Crippen LogP contribution in [0.5, 0.6) is 11.5 Å². The minimum Gasteiger partial charge on any atom is -0.455 e. The zero-order chi connectivity index (χ0) is 43.6. The van der Waals surface area contributed by atoms with E-state index in [1.54, 1.807) is 30.5 Å². The summed E-state index contributed by atoms with van der Waals surface area (Å²) in [6.07, 6.45) is 8.20. The van der Waals surface area contributed by atoms with Gasteiger partial charge in [-0.1, -0.05) is 43.2 Å². The molecule has 16 heteroatoms. The van der Waals surface area contributed by atoms with E-state index in [2.05, 4.69) is 55.8 Å². The van der Waals surface area contributed by atoms with Gasteiger partial charge >= 0.3 is 0 Å². The lowest BCUT2D eigenvalue weighted by atomic mass is 9.72. The van der Waals surface area contributed by atoms with Gasteiger partial charge in [0.1, 0.15) is 22.8 Å². The van der Waals surface area contributed by atoms with Gasteiger partial charge in [-0.05, 0) is 110 Å². The molecule has 2 unspecified atom stereocenters. The average molecular weight is 882 g/mol. The molecule has 14 nitrogen and oxygen atoms in total. The van der Waals surface area contributed by atoms with Crippen molar-refractivity contribution < 1.29 is 27.6 Å². The second-order valence-corrected chi connectivity index (χ2v) is 19.5. The lowest BCUT2D eigenvalue weighted by Gasteiger charge is -2.39. The molecule has 2 fully saturated rings. The molecule has 2 aliphatic heterocycles. The standard InChI is InChI=1S/C46H52ClN7O7S/c1-30-22-31(14-21-60-30)27-49-41-11-9-38(25-42(41)54(56)57)62(58,59)51-45(55)39-10-8-36(24-43(39)61-37-23-33-13-16-48-44(33)50-28-37)53-19-17-52(18-20-53)29-34-12-15-46(2,3)26-40(34)32-4-6-35(47)7-5-32/h4-11,13,16,23-25,28,30-31,49H,12,14-15,17-22,26-27,29H2,1-3H3,(H,48,50)(H,51,55). The van der Waals surface area contributed by atoms with Crippen LogP contribution in [0.4, 0.5) is 17.1 Å². The Labute approximate surface area is 366 Å². The van der Waals surface area contributed by atoms with Crippen LogP contribution in [-0.2, 0) is 14.8 Å². The van der Waals surface area contributed by atoms with E-state index in [-0.39, 0.29) is 34.4 Å². The van der Waals surface area contributed by atoms with Gasteiger partial charge in [0, 0.05) is 80.3 Å². The van der Waals surface area contributed by atoms with E-state index in [0.717, 1.165) is 87.0 Å². The highest BCUT2D eigenvalue weighted by Gasteiger charge is 2.31. The van der Waals surface area contributed by atoms with Crippen molar-refractivity contribution in [2.75, 3.05) is 56.1 Å². The number of hydrogen-bond donors (Lipinski definition) is 3. The number of benzene rings is 3. The number of nitro benzene ring substituents is 1. The number of pyridine rings is 1. The summed E-state index contributed by atoms with van der Waals surface area (Å²) in [4.78, 5) is 37.2. The number of hydrogen-bond acceptors (Lipinski definition) is 11. The Bertz CT molecular complexity index is 2610. The Morgan fingerprint density at radius 1 is 1.06 bits per heavy atom. The second kappa shape index (κ2) is 18.1. The fraction of sp³-hybridized carbons (Fsp3) is 0.391. The maximum absolute atomic E-state index is 13.9. The van der Waals surface area contributed by atoms with Gasteiger partial charge in [-0.15, -0.1) is 0 Å². The van der Waals surface area contributed by atoms with Gasteiger partial charge in [0.2, 0.25) is 0 Å². The number of aromatic nitrogens is 2. The average Bonchev–Trinajstić information content (AvgIpc) is 3.72. The van der Waals surface area contributed by atoms with E-state index in [0.29, 0.717) is 24.5 Å². The Hall–Kier alpha value is -5.48. The van der Waals surface area contributed by atoms with Crippen LogP contribution in [0.2, 0.25) is 5.02 Å². The van der Waals surface area contributed by atoms with Crippen molar-refractivity contribution in [3.05, 3.63) is 117 Å². The van der Waals surface area contributed by atoms with Crippen LogP contribution in [0.25, 0.3) is 16.6 Å². The molecule has 3 aliphatic rings. The van der Waals surface area contributed by atoms with E-state index in [9.17, 15) is 23.3 Å². The SMILES string of the molecule is CC1CC(CNc2ccc(S(=O)(=O)NC(=O)c3ccc(N4CCN(CC5=C(c6ccc(Cl)cc6)CC(C)(C)CC5)CC4)cc3Oc3cnc4[nH]ccc4c3)cc2[N+](=O)[O-])CCO1. The summed E-state index contributed by atoms with van der Waals surface area (Å²) < 4.78 is 41.5. The number of amides is 1. The number of aromatic amines is 1. The number of sulfonamides is 1. The normalized spacial score (nSPS) is 19.6. The van der Waals surface area contributed by atoms with E-state index in [4.69, 9.17) is 21.1 Å². The largest absolute Gasteiger partial charge is 0.455 e. The van der Waals surface area contributed by atoms with Crippen LogP contribution < -0.4 is 19.7 Å². The van der Waals surface area contributed by atoms with Crippen molar-refractivity contribution in [3.63, 3.8) is 0 Å². The zero-order valence-corrected chi connectivity index (χ0v) is 36.7. The third-order valence-electron chi connectivity index (χ3n) is 12.2. The smallest absolute Gasteiger partial charge is 0.293 e. The van der Waals surface area contributed by atoms with Gasteiger partial charge in [-0.3, -0.25) is 19.8 Å². The summed E-state index contributed by atoms with van der Waals surface area (Å²) in [7, 11) is -4.56. The topological polar surface area (TPSA) is 172 Å². The first-order valence-corrected chi connectivity index (χ1v) is 23.0. The molecule has 3 aromatic carbocycles. The van der Waals surface area contributed by atoms with Crippen LogP contribution in [0.15, 0.2) is 95.7 Å². The highest BCUT2D eigenvalue weighted by atomic mass is 35.5. The first kappa shape index (κ1) is 43.2. The van der Waals surface area contributed by atoms with Crippen molar-refractivity contribution in [2.45, 2.75) is 63.9 Å². The Morgan fingerprint density at radius 3 is 2.61 bits per heavy atom. The number of allylic oxidation sites excluding steroid dienone is 1. The number of fused-ring (bicyclic) bond motifs is 1. The van der Waals surface area contributed by atoms with Gasteiger partial charge in [-0.2, -0.15) is 0 Å². The van der Waals surface area contributed by atoms with Gasteiger partial charge in [0.15, 0.2) is 0 Å². The molecule has 4 heterocycles. The first-order valence-electron chi connectivity index (χ1n) is 21.1. The van der Waals surface area contributed by atoms with Crippen LogP contribution in [0, 0.1) is 21.4 Å².